The Morgan fingerprint density at radius 3 is 2.30 bits per heavy atom. The first-order valence-corrected chi connectivity index (χ1v) is 13.4. The second-order valence-electron chi connectivity index (χ2n) is 10.4. The van der Waals surface area contributed by atoms with Crippen LogP contribution in [0.1, 0.15) is 28.8 Å². The van der Waals surface area contributed by atoms with Crippen LogP contribution in [-0.2, 0) is 6.54 Å². The molecule has 1 aliphatic heterocycles. The van der Waals surface area contributed by atoms with E-state index in [1.165, 1.54) is 4.90 Å². The SMILES string of the molecule is O=C(NC1CC1)c1ccc(Nc2nc3c(-c4ccc(CN5CCN(CC(F)(F)F)CC5)cc4)cccn3n2)cc1. The number of benzene rings is 2. The number of hydrogen-bond acceptors (Lipinski definition) is 6. The molecule has 2 aliphatic rings. The predicted octanol–water partition coefficient (Wildman–Crippen LogP) is 4.71. The van der Waals surface area contributed by atoms with Crippen molar-refractivity contribution in [1.29, 1.82) is 0 Å². The molecule has 2 N–H and O–H groups in total. The van der Waals surface area contributed by atoms with Crippen LogP contribution in [0.5, 0.6) is 0 Å². The Morgan fingerprint density at radius 2 is 1.62 bits per heavy atom. The quantitative estimate of drug-likeness (QED) is 0.332. The van der Waals surface area contributed by atoms with Gasteiger partial charge in [0.15, 0.2) is 5.65 Å². The molecule has 1 saturated heterocycles. The zero-order chi connectivity index (χ0) is 27.7. The minimum atomic E-state index is -4.15. The molecule has 6 rings (SSSR count). The van der Waals surface area contributed by atoms with Gasteiger partial charge in [-0.05, 0) is 60.4 Å². The van der Waals surface area contributed by atoms with Crippen LogP contribution in [0.3, 0.4) is 0 Å². The average Bonchev–Trinajstić information content (AvgIpc) is 3.65. The summed E-state index contributed by atoms with van der Waals surface area (Å²) in [6.07, 6.45) is -0.214. The number of rotatable bonds is 8. The van der Waals surface area contributed by atoms with E-state index in [1.807, 2.05) is 42.6 Å². The van der Waals surface area contributed by atoms with Gasteiger partial charge in [0.25, 0.3) is 5.91 Å². The van der Waals surface area contributed by atoms with Crippen LogP contribution in [0.2, 0.25) is 0 Å². The molecule has 11 heteroatoms. The normalized spacial score (nSPS) is 16.8. The van der Waals surface area contributed by atoms with Gasteiger partial charge in [0, 0.05) is 61.8 Å². The molecule has 3 heterocycles. The highest BCUT2D eigenvalue weighted by atomic mass is 19.4. The first-order valence-electron chi connectivity index (χ1n) is 13.4. The number of carbonyl (C=O) groups excluding carboxylic acids is 1. The van der Waals surface area contributed by atoms with E-state index >= 15 is 0 Å². The van der Waals surface area contributed by atoms with Crippen LogP contribution >= 0.6 is 0 Å². The number of alkyl halides is 3. The lowest BCUT2D eigenvalue weighted by Crippen LogP contribution is -2.48. The lowest BCUT2D eigenvalue weighted by Gasteiger charge is -2.35. The van der Waals surface area contributed by atoms with E-state index in [4.69, 9.17) is 4.98 Å². The Balaban J connectivity index is 1.10. The van der Waals surface area contributed by atoms with Crippen molar-refractivity contribution >= 4 is 23.2 Å². The summed E-state index contributed by atoms with van der Waals surface area (Å²) in [6, 6.07) is 19.7. The topological polar surface area (TPSA) is 77.8 Å². The van der Waals surface area contributed by atoms with Crippen LogP contribution in [0, 0.1) is 0 Å². The van der Waals surface area contributed by atoms with Gasteiger partial charge in [-0.2, -0.15) is 18.2 Å². The smallest absolute Gasteiger partial charge is 0.349 e. The van der Waals surface area contributed by atoms with Crippen molar-refractivity contribution in [3.05, 3.63) is 78.0 Å². The molecule has 40 heavy (non-hydrogen) atoms. The van der Waals surface area contributed by atoms with Gasteiger partial charge in [0.05, 0.1) is 6.54 Å². The first kappa shape index (κ1) is 26.3. The lowest BCUT2D eigenvalue weighted by atomic mass is 10.0. The monoisotopic (exact) mass is 549 g/mol. The van der Waals surface area contributed by atoms with Crippen molar-refractivity contribution in [3.63, 3.8) is 0 Å². The number of aromatic nitrogens is 3. The third-order valence-electron chi connectivity index (χ3n) is 7.22. The fourth-order valence-corrected chi connectivity index (χ4v) is 4.92. The van der Waals surface area contributed by atoms with Crippen molar-refractivity contribution < 1.29 is 18.0 Å². The largest absolute Gasteiger partial charge is 0.401 e. The van der Waals surface area contributed by atoms with Gasteiger partial charge in [0.2, 0.25) is 5.95 Å². The molecule has 2 aromatic heterocycles. The minimum Gasteiger partial charge on any atom is -0.349 e. The zero-order valence-corrected chi connectivity index (χ0v) is 21.9. The molecule has 2 aromatic carbocycles. The van der Waals surface area contributed by atoms with Gasteiger partial charge in [-0.3, -0.25) is 14.6 Å². The zero-order valence-electron chi connectivity index (χ0n) is 21.9. The second kappa shape index (κ2) is 10.9. The minimum absolute atomic E-state index is 0.0564. The van der Waals surface area contributed by atoms with Gasteiger partial charge in [-0.1, -0.05) is 24.3 Å². The number of amides is 1. The van der Waals surface area contributed by atoms with E-state index < -0.39 is 12.7 Å². The van der Waals surface area contributed by atoms with E-state index in [1.54, 1.807) is 16.6 Å². The average molecular weight is 550 g/mol. The molecule has 1 saturated carbocycles. The number of hydrogen-bond donors (Lipinski definition) is 2. The molecule has 0 unspecified atom stereocenters. The molecule has 0 atom stereocenters. The molecule has 8 nitrogen and oxygen atoms in total. The third kappa shape index (κ3) is 6.43. The summed E-state index contributed by atoms with van der Waals surface area (Å²) < 4.78 is 39.7. The number of carbonyl (C=O) groups is 1. The molecule has 0 spiro atoms. The summed E-state index contributed by atoms with van der Waals surface area (Å²) >= 11 is 0. The summed E-state index contributed by atoms with van der Waals surface area (Å²) in [7, 11) is 0. The predicted molar refractivity (Wildman–Crippen MR) is 146 cm³/mol. The maximum Gasteiger partial charge on any atom is 0.401 e. The van der Waals surface area contributed by atoms with Crippen molar-refractivity contribution in [2.24, 2.45) is 0 Å². The van der Waals surface area contributed by atoms with Crippen LogP contribution < -0.4 is 10.6 Å². The highest BCUT2D eigenvalue weighted by molar-refractivity contribution is 5.95. The highest BCUT2D eigenvalue weighted by Crippen LogP contribution is 2.26. The summed E-state index contributed by atoms with van der Waals surface area (Å²) in [4.78, 5) is 20.6. The van der Waals surface area contributed by atoms with Crippen LogP contribution in [0.4, 0.5) is 24.8 Å². The summed E-state index contributed by atoms with van der Waals surface area (Å²) in [5.74, 6) is 0.392. The maximum atomic E-state index is 12.6. The Kier molecular flexibility index (Phi) is 7.16. The molecular weight excluding hydrogens is 519 g/mol. The number of fused-ring (bicyclic) bond motifs is 1. The standard InChI is InChI=1S/C29H30F3N7O/c30-29(31,32)19-38-16-14-37(15-17-38)18-20-3-5-21(6-4-20)25-2-1-13-39-26(25)35-28(36-39)34-24-9-7-22(8-10-24)27(40)33-23-11-12-23/h1-10,13,23H,11-12,14-19H2,(H,33,40)(H,34,36). The van der Waals surface area contributed by atoms with E-state index in [9.17, 15) is 18.0 Å². The number of piperazine rings is 1. The van der Waals surface area contributed by atoms with Gasteiger partial charge >= 0.3 is 6.18 Å². The molecule has 1 aliphatic carbocycles. The molecular formula is C29H30F3N7O. The van der Waals surface area contributed by atoms with Gasteiger partial charge < -0.3 is 10.6 Å². The van der Waals surface area contributed by atoms with Crippen LogP contribution in [0.25, 0.3) is 16.8 Å². The molecule has 0 radical (unpaired) electrons. The summed E-state index contributed by atoms with van der Waals surface area (Å²) in [5.41, 5.74) is 5.15. The van der Waals surface area contributed by atoms with Gasteiger partial charge in [0.1, 0.15) is 0 Å². The van der Waals surface area contributed by atoms with Crippen LogP contribution in [0.15, 0.2) is 66.9 Å². The molecule has 2 fully saturated rings. The lowest BCUT2D eigenvalue weighted by molar-refractivity contribution is -0.149. The molecule has 1 amide bonds. The summed E-state index contributed by atoms with van der Waals surface area (Å²) in [5, 5.41) is 10.8. The Morgan fingerprint density at radius 1 is 0.925 bits per heavy atom. The summed E-state index contributed by atoms with van der Waals surface area (Å²) in [6.45, 7) is 1.92. The fraction of sp³-hybridized carbons (Fsp3) is 0.345. The first-order chi connectivity index (χ1) is 19.3. The number of anilines is 2. The van der Waals surface area contributed by atoms with E-state index in [0.717, 1.165) is 35.2 Å². The Hall–Kier alpha value is -3.96. The van der Waals surface area contributed by atoms with Crippen molar-refractivity contribution in [3.8, 4) is 11.1 Å². The molecule has 4 aromatic rings. The maximum absolute atomic E-state index is 12.6. The molecule has 208 valence electrons. The Bertz CT molecular complexity index is 1470. The molecule has 0 bridgehead atoms. The van der Waals surface area contributed by atoms with Crippen molar-refractivity contribution in [2.75, 3.05) is 38.0 Å². The Labute approximate surface area is 229 Å². The third-order valence-corrected chi connectivity index (χ3v) is 7.22. The number of halogens is 3. The van der Waals surface area contributed by atoms with E-state index in [0.29, 0.717) is 55.9 Å². The number of nitrogens with one attached hydrogen (secondary N) is 2. The van der Waals surface area contributed by atoms with E-state index in [-0.39, 0.29) is 5.91 Å². The van der Waals surface area contributed by atoms with E-state index in [2.05, 4.69) is 32.8 Å². The van der Waals surface area contributed by atoms with Gasteiger partial charge in [-0.15, -0.1) is 5.10 Å². The highest BCUT2D eigenvalue weighted by Gasteiger charge is 2.32. The van der Waals surface area contributed by atoms with Gasteiger partial charge in [-0.25, -0.2) is 4.52 Å². The van der Waals surface area contributed by atoms with Crippen molar-refractivity contribution in [2.45, 2.75) is 31.6 Å². The fourth-order valence-electron chi connectivity index (χ4n) is 4.92. The number of pyridine rings is 1. The number of nitrogens with zero attached hydrogens (tertiary/aromatic N) is 5. The van der Waals surface area contributed by atoms with Crippen molar-refractivity contribution in [1.82, 2.24) is 29.7 Å². The second-order valence-corrected chi connectivity index (χ2v) is 10.4. The van der Waals surface area contributed by atoms with Crippen LogP contribution in [-0.4, -0.2) is 75.2 Å².